The number of hydrogen-bond donors (Lipinski definition) is 1. The van der Waals surface area contributed by atoms with Gasteiger partial charge in [-0.25, -0.2) is 0 Å². The predicted molar refractivity (Wildman–Crippen MR) is 71.3 cm³/mol. The van der Waals surface area contributed by atoms with Crippen LogP contribution in [0.1, 0.15) is 29.8 Å². The lowest BCUT2D eigenvalue weighted by atomic mass is 10.0. The predicted octanol–water partition coefficient (Wildman–Crippen LogP) is 3.29. The molecule has 0 fully saturated rings. The molecule has 0 atom stereocenters. The molecule has 1 N–H and O–H groups in total. The van der Waals surface area contributed by atoms with Crippen molar-refractivity contribution in [2.75, 3.05) is 0 Å². The van der Waals surface area contributed by atoms with E-state index in [9.17, 15) is 4.79 Å². The molecule has 0 aliphatic rings. The van der Waals surface area contributed by atoms with E-state index in [1.165, 1.54) is 5.56 Å². The van der Waals surface area contributed by atoms with E-state index >= 15 is 0 Å². The van der Waals surface area contributed by atoms with Crippen LogP contribution in [0.3, 0.4) is 0 Å². The maximum Gasteiger partial charge on any atom is 0.251 e. The number of rotatable bonds is 2. The summed E-state index contributed by atoms with van der Waals surface area (Å²) in [4.78, 5) is 11.9. The summed E-state index contributed by atoms with van der Waals surface area (Å²) in [5.74, 6) is -0.0107. The zero-order valence-electron chi connectivity index (χ0n) is 10.4. The van der Waals surface area contributed by atoms with Crippen LogP contribution in [0, 0.1) is 6.92 Å². The van der Waals surface area contributed by atoms with Crippen molar-refractivity contribution in [3.63, 3.8) is 0 Å². The summed E-state index contributed by atoms with van der Waals surface area (Å²) in [6, 6.07) is 12.2. The van der Waals surface area contributed by atoms with Crippen molar-refractivity contribution in [1.29, 1.82) is 0 Å². The fourth-order valence-electron chi connectivity index (χ4n) is 1.85. The van der Waals surface area contributed by atoms with E-state index in [1.54, 1.807) is 0 Å². The molecule has 0 saturated carbocycles. The van der Waals surface area contributed by atoms with Gasteiger partial charge in [0.15, 0.2) is 0 Å². The third kappa shape index (κ3) is 2.64. The molecule has 0 spiro atoms. The number of aryl methyl sites for hydroxylation is 1. The molecule has 2 rings (SSSR count). The van der Waals surface area contributed by atoms with Gasteiger partial charge in [-0.05, 0) is 43.7 Å². The van der Waals surface area contributed by atoms with Crippen LogP contribution >= 0.6 is 0 Å². The molecule has 0 bridgehead atoms. The van der Waals surface area contributed by atoms with Gasteiger partial charge in [0.1, 0.15) is 0 Å². The standard InChI is InChI=1S/C15H17NO/c1-10(2)16-15(17)13-7-6-12-5-4-11(3)8-14(12)9-13/h4-10H,1-3H3,(H,16,17). The summed E-state index contributed by atoms with van der Waals surface area (Å²) in [5, 5.41) is 5.18. The topological polar surface area (TPSA) is 29.1 Å². The number of fused-ring (bicyclic) bond motifs is 1. The highest BCUT2D eigenvalue weighted by atomic mass is 16.1. The first-order chi connectivity index (χ1) is 8.06. The summed E-state index contributed by atoms with van der Waals surface area (Å²) in [6.07, 6.45) is 0. The van der Waals surface area contributed by atoms with Gasteiger partial charge in [-0.3, -0.25) is 4.79 Å². The summed E-state index contributed by atoms with van der Waals surface area (Å²) in [5.41, 5.74) is 1.93. The Hall–Kier alpha value is -1.83. The lowest BCUT2D eigenvalue weighted by Crippen LogP contribution is -2.29. The third-order valence-electron chi connectivity index (χ3n) is 2.68. The summed E-state index contributed by atoms with van der Waals surface area (Å²) >= 11 is 0. The first kappa shape index (κ1) is 11.6. The van der Waals surface area contributed by atoms with E-state index in [4.69, 9.17) is 0 Å². The zero-order chi connectivity index (χ0) is 12.4. The number of carbonyl (C=O) groups excluding carboxylic acids is 1. The highest BCUT2D eigenvalue weighted by Gasteiger charge is 2.07. The fraction of sp³-hybridized carbons (Fsp3) is 0.267. The van der Waals surface area contributed by atoms with Crippen molar-refractivity contribution >= 4 is 16.7 Å². The van der Waals surface area contributed by atoms with Gasteiger partial charge in [-0.15, -0.1) is 0 Å². The van der Waals surface area contributed by atoms with Crippen LogP contribution in [-0.2, 0) is 0 Å². The molecule has 0 aliphatic carbocycles. The minimum Gasteiger partial charge on any atom is -0.350 e. The maximum atomic E-state index is 11.9. The first-order valence-corrected chi connectivity index (χ1v) is 5.87. The van der Waals surface area contributed by atoms with Gasteiger partial charge in [0.05, 0.1) is 0 Å². The van der Waals surface area contributed by atoms with Crippen LogP contribution in [-0.4, -0.2) is 11.9 Å². The molecule has 0 aromatic heterocycles. The van der Waals surface area contributed by atoms with Crippen molar-refractivity contribution in [2.45, 2.75) is 26.8 Å². The Kier molecular flexibility index (Phi) is 3.14. The molecule has 2 aromatic carbocycles. The third-order valence-corrected chi connectivity index (χ3v) is 2.68. The van der Waals surface area contributed by atoms with Crippen molar-refractivity contribution in [3.05, 3.63) is 47.5 Å². The molecule has 0 heterocycles. The Morgan fingerprint density at radius 3 is 2.47 bits per heavy atom. The second-order valence-corrected chi connectivity index (χ2v) is 4.69. The first-order valence-electron chi connectivity index (χ1n) is 5.87. The molecule has 2 nitrogen and oxygen atoms in total. The Bertz CT molecular complexity index is 558. The van der Waals surface area contributed by atoms with E-state index < -0.39 is 0 Å². The largest absolute Gasteiger partial charge is 0.350 e. The average Bonchev–Trinajstić information content (AvgIpc) is 2.27. The maximum absolute atomic E-state index is 11.9. The number of benzene rings is 2. The van der Waals surface area contributed by atoms with Crippen molar-refractivity contribution in [2.24, 2.45) is 0 Å². The Balaban J connectivity index is 2.40. The normalized spacial score (nSPS) is 10.8. The second kappa shape index (κ2) is 4.58. The van der Waals surface area contributed by atoms with Crippen LogP contribution in [0.4, 0.5) is 0 Å². The molecule has 88 valence electrons. The van der Waals surface area contributed by atoms with Gasteiger partial charge in [-0.2, -0.15) is 0 Å². The average molecular weight is 227 g/mol. The smallest absolute Gasteiger partial charge is 0.251 e. The van der Waals surface area contributed by atoms with Crippen LogP contribution in [0.2, 0.25) is 0 Å². The Morgan fingerprint density at radius 2 is 1.76 bits per heavy atom. The van der Waals surface area contributed by atoms with Crippen LogP contribution in [0.15, 0.2) is 36.4 Å². The lowest BCUT2D eigenvalue weighted by Gasteiger charge is -2.09. The van der Waals surface area contributed by atoms with Crippen LogP contribution in [0.5, 0.6) is 0 Å². The molecular formula is C15H17NO. The minimum absolute atomic E-state index is 0.0107. The van der Waals surface area contributed by atoms with Crippen LogP contribution in [0.25, 0.3) is 10.8 Å². The number of amides is 1. The van der Waals surface area contributed by atoms with Crippen molar-refractivity contribution < 1.29 is 4.79 Å². The highest BCUT2D eigenvalue weighted by Crippen LogP contribution is 2.17. The molecule has 1 amide bonds. The molecule has 0 unspecified atom stereocenters. The quantitative estimate of drug-likeness (QED) is 0.838. The van der Waals surface area contributed by atoms with Gasteiger partial charge in [0.2, 0.25) is 0 Å². The van der Waals surface area contributed by atoms with E-state index in [0.717, 1.165) is 16.3 Å². The van der Waals surface area contributed by atoms with Gasteiger partial charge in [-0.1, -0.05) is 29.8 Å². The lowest BCUT2D eigenvalue weighted by molar-refractivity contribution is 0.0943. The Morgan fingerprint density at radius 1 is 1.06 bits per heavy atom. The number of hydrogen-bond acceptors (Lipinski definition) is 1. The molecule has 0 aliphatic heterocycles. The zero-order valence-corrected chi connectivity index (χ0v) is 10.4. The molecule has 2 heteroatoms. The van der Waals surface area contributed by atoms with Gasteiger partial charge in [0.25, 0.3) is 5.91 Å². The van der Waals surface area contributed by atoms with Crippen LogP contribution < -0.4 is 5.32 Å². The van der Waals surface area contributed by atoms with Crippen molar-refractivity contribution in [3.8, 4) is 0 Å². The number of carbonyl (C=O) groups is 1. The van der Waals surface area contributed by atoms with E-state index in [1.807, 2.05) is 32.0 Å². The summed E-state index contributed by atoms with van der Waals surface area (Å²) in [6.45, 7) is 5.98. The number of nitrogens with one attached hydrogen (secondary N) is 1. The van der Waals surface area contributed by atoms with E-state index in [0.29, 0.717) is 0 Å². The second-order valence-electron chi connectivity index (χ2n) is 4.69. The van der Waals surface area contributed by atoms with E-state index in [-0.39, 0.29) is 11.9 Å². The van der Waals surface area contributed by atoms with Gasteiger partial charge < -0.3 is 5.32 Å². The highest BCUT2D eigenvalue weighted by molar-refractivity contribution is 5.98. The molecule has 2 aromatic rings. The van der Waals surface area contributed by atoms with Crippen molar-refractivity contribution in [1.82, 2.24) is 5.32 Å². The monoisotopic (exact) mass is 227 g/mol. The van der Waals surface area contributed by atoms with Gasteiger partial charge >= 0.3 is 0 Å². The Labute approximate surface area is 102 Å². The molecule has 17 heavy (non-hydrogen) atoms. The molecule has 0 saturated heterocycles. The SMILES string of the molecule is Cc1ccc2ccc(C(=O)NC(C)C)cc2c1. The molecule has 0 radical (unpaired) electrons. The minimum atomic E-state index is -0.0107. The van der Waals surface area contributed by atoms with Gasteiger partial charge in [0, 0.05) is 11.6 Å². The molecular weight excluding hydrogens is 210 g/mol. The van der Waals surface area contributed by atoms with E-state index in [2.05, 4.69) is 30.4 Å². The fourth-order valence-corrected chi connectivity index (χ4v) is 1.85. The summed E-state index contributed by atoms with van der Waals surface area (Å²) < 4.78 is 0. The summed E-state index contributed by atoms with van der Waals surface area (Å²) in [7, 11) is 0.